The fraction of sp³-hybridized carbons (Fsp3) is 0.316. The summed E-state index contributed by atoms with van der Waals surface area (Å²) in [4.78, 5) is 29.5. The van der Waals surface area contributed by atoms with Crippen molar-refractivity contribution in [1.82, 2.24) is 4.98 Å². The first-order chi connectivity index (χ1) is 12.5. The van der Waals surface area contributed by atoms with Crippen LogP contribution in [0.5, 0.6) is 0 Å². The monoisotopic (exact) mass is 394 g/mol. The van der Waals surface area contributed by atoms with Gasteiger partial charge in [0, 0.05) is 12.1 Å². The first kappa shape index (κ1) is 20.6. The van der Waals surface area contributed by atoms with Crippen molar-refractivity contribution in [2.45, 2.75) is 33.3 Å². The number of hydrogen-bond acceptors (Lipinski definition) is 4. The van der Waals surface area contributed by atoms with E-state index < -0.39 is 23.5 Å². The molecule has 0 unspecified atom stereocenters. The smallest absolute Gasteiger partial charge is 0.414 e. The first-order valence-corrected chi connectivity index (χ1v) is 8.60. The number of ether oxygens (including phenoxy) is 1. The highest BCUT2D eigenvalue weighted by atomic mass is 35.5. The molecule has 2 aromatic rings. The van der Waals surface area contributed by atoms with Crippen LogP contribution in [0.2, 0.25) is 5.15 Å². The highest BCUT2D eigenvalue weighted by molar-refractivity contribution is 6.29. The molecule has 1 aromatic carbocycles. The third-order valence-corrected chi connectivity index (χ3v) is 3.78. The standard InChI is InChI=1S/C19H20ClFN2O4/c1-5-23(18(26)27-19(2,3)4)15-10-22-16(20)9-13(15)12-7-6-11(21)8-14(12)17(24)25/h6-10H,5H2,1-4H3,(H,24,25). The van der Waals surface area contributed by atoms with Crippen LogP contribution in [0.4, 0.5) is 14.9 Å². The molecule has 8 heteroatoms. The van der Waals surface area contributed by atoms with Gasteiger partial charge in [0.05, 0.1) is 17.4 Å². The fourth-order valence-corrected chi connectivity index (χ4v) is 2.65. The van der Waals surface area contributed by atoms with E-state index in [1.807, 2.05) is 0 Å². The van der Waals surface area contributed by atoms with E-state index in [4.69, 9.17) is 16.3 Å². The number of carboxylic acids is 1. The molecule has 1 N–H and O–H groups in total. The molecule has 27 heavy (non-hydrogen) atoms. The molecule has 0 saturated carbocycles. The number of benzene rings is 1. The lowest BCUT2D eigenvalue weighted by molar-refractivity contribution is 0.0581. The molecule has 0 bridgehead atoms. The number of amides is 1. The molecule has 1 aromatic heterocycles. The SMILES string of the molecule is CCN(C(=O)OC(C)(C)C)c1cnc(Cl)cc1-c1ccc(F)cc1C(=O)O. The summed E-state index contributed by atoms with van der Waals surface area (Å²) >= 11 is 6.00. The molecule has 0 radical (unpaired) electrons. The molecule has 0 atom stereocenters. The van der Waals surface area contributed by atoms with Crippen LogP contribution in [0, 0.1) is 5.82 Å². The van der Waals surface area contributed by atoms with Crippen molar-refractivity contribution in [2.75, 3.05) is 11.4 Å². The molecule has 2 rings (SSSR count). The molecular weight excluding hydrogens is 375 g/mol. The second-order valence-corrected chi connectivity index (χ2v) is 7.13. The zero-order valence-electron chi connectivity index (χ0n) is 15.4. The van der Waals surface area contributed by atoms with Crippen molar-refractivity contribution in [3.05, 3.63) is 47.0 Å². The molecule has 0 aliphatic rings. The van der Waals surface area contributed by atoms with Gasteiger partial charge in [0.15, 0.2) is 0 Å². The first-order valence-electron chi connectivity index (χ1n) is 8.22. The number of rotatable bonds is 4. The lowest BCUT2D eigenvalue weighted by Gasteiger charge is -2.28. The second kappa shape index (κ2) is 7.92. The average molecular weight is 395 g/mol. The van der Waals surface area contributed by atoms with E-state index in [9.17, 15) is 19.1 Å². The number of pyridine rings is 1. The third-order valence-electron chi connectivity index (χ3n) is 3.57. The Morgan fingerprint density at radius 1 is 1.26 bits per heavy atom. The molecule has 0 saturated heterocycles. The van der Waals surface area contributed by atoms with E-state index in [1.165, 1.54) is 23.2 Å². The van der Waals surface area contributed by atoms with Gasteiger partial charge in [-0.1, -0.05) is 17.7 Å². The summed E-state index contributed by atoms with van der Waals surface area (Å²) in [6, 6.07) is 4.82. The Kier molecular flexibility index (Phi) is 6.05. The highest BCUT2D eigenvalue weighted by Crippen LogP contribution is 2.35. The van der Waals surface area contributed by atoms with Crippen LogP contribution in [0.3, 0.4) is 0 Å². The Hall–Kier alpha value is -2.67. The largest absolute Gasteiger partial charge is 0.478 e. The normalized spacial score (nSPS) is 11.2. The second-order valence-electron chi connectivity index (χ2n) is 6.74. The molecule has 144 valence electrons. The summed E-state index contributed by atoms with van der Waals surface area (Å²) in [7, 11) is 0. The van der Waals surface area contributed by atoms with Crippen LogP contribution in [-0.2, 0) is 4.74 Å². The molecule has 1 heterocycles. The summed E-state index contributed by atoms with van der Waals surface area (Å²) in [5.74, 6) is -1.99. The van der Waals surface area contributed by atoms with Gasteiger partial charge in [0.2, 0.25) is 0 Å². The molecule has 0 fully saturated rings. The fourth-order valence-electron chi connectivity index (χ4n) is 2.50. The topological polar surface area (TPSA) is 79.7 Å². The lowest BCUT2D eigenvalue weighted by atomic mass is 9.98. The number of carbonyl (C=O) groups is 2. The van der Waals surface area contributed by atoms with Gasteiger partial charge >= 0.3 is 12.1 Å². The summed E-state index contributed by atoms with van der Waals surface area (Å²) in [6.45, 7) is 7.20. The molecule has 0 aliphatic heterocycles. The van der Waals surface area contributed by atoms with Gasteiger partial charge in [-0.25, -0.2) is 19.0 Å². The molecule has 0 aliphatic carbocycles. The van der Waals surface area contributed by atoms with E-state index >= 15 is 0 Å². The average Bonchev–Trinajstić information content (AvgIpc) is 2.55. The van der Waals surface area contributed by atoms with Crippen LogP contribution in [0.1, 0.15) is 38.1 Å². The van der Waals surface area contributed by atoms with Gasteiger partial charge in [-0.05, 0) is 51.5 Å². The van der Waals surface area contributed by atoms with Crippen LogP contribution < -0.4 is 4.90 Å². The molecule has 0 spiro atoms. The number of halogens is 2. The number of nitrogens with zero attached hydrogens (tertiary/aromatic N) is 2. The predicted molar refractivity (Wildman–Crippen MR) is 101 cm³/mol. The van der Waals surface area contributed by atoms with Crippen LogP contribution in [0.25, 0.3) is 11.1 Å². The number of hydrogen-bond donors (Lipinski definition) is 1. The van der Waals surface area contributed by atoms with Gasteiger partial charge in [0.1, 0.15) is 16.6 Å². The van der Waals surface area contributed by atoms with Crippen molar-refractivity contribution in [2.24, 2.45) is 0 Å². The Balaban J connectivity index is 2.65. The van der Waals surface area contributed by atoms with Crippen LogP contribution in [-0.4, -0.2) is 34.3 Å². The predicted octanol–water partition coefficient (Wildman–Crippen LogP) is 5.00. The van der Waals surface area contributed by atoms with Crippen LogP contribution >= 0.6 is 11.6 Å². The van der Waals surface area contributed by atoms with Gasteiger partial charge in [-0.15, -0.1) is 0 Å². The third kappa shape index (κ3) is 4.95. The van der Waals surface area contributed by atoms with Gasteiger partial charge in [-0.3, -0.25) is 4.90 Å². The van der Waals surface area contributed by atoms with Crippen molar-refractivity contribution < 1.29 is 23.8 Å². The van der Waals surface area contributed by atoms with Gasteiger partial charge < -0.3 is 9.84 Å². The zero-order valence-corrected chi connectivity index (χ0v) is 16.2. The van der Waals surface area contributed by atoms with Crippen molar-refractivity contribution in [3.63, 3.8) is 0 Å². The number of carbonyl (C=O) groups excluding carboxylic acids is 1. The van der Waals surface area contributed by atoms with Crippen molar-refractivity contribution >= 4 is 29.4 Å². The van der Waals surface area contributed by atoms with Gasteiger partial charge in [0.25, 0.3) is 0 Å². The lowest BCUT2D eigenvalue weighted by Crippen LogP contribution is -2.37. The maximum atomic E-state index is 13.6. The summed E-state index contributed by atoms with van der Waals surface area (Å²) in [5, 5.41) is 9.56. The Labute approximate surface area is 161 Å². The Morgan fingerprint density at radius 3 is 2.48 bits per heavy atom. The number of anilines is 1. The molecule has 1 amide bonds. The van der Waals surface area contributed by atoms with E-state index in [-0.39, 0.29) is 22.8 Å². The van der Waals surface area contributed by atoms with Gasteiger partial charge in [-0.2, -0.15) is 0 Å². The van der Waals surface area contributed by atoms with Crippen molar-refractivity contribution in [1.29, 1.82) is 0 Å². The summed E-state index contributed by atoms with van der Waals surface area (Å²) in [5.41, 5.74) is -0.110. The minimum Gasteiger partial charge on any atom is -0.478 e. The summed E-state index contributed by atoms with van der Waals surface area (Å²) in [6.07, 6.45) is 0.745. The maximum absolute atomic E-state index is 13.6. The minimum absolute atomic E-state index is 0.106. The van der Waals surface area contributed by atoms with E-state index in [1.54, 1.807) is 27.7 Å². The zero-order chi connectivity index (χ0) is 20.4. The maximum Gasteiger partial charge on any atom is 0.414 e. The minimum atomic E-state index is -1.30. The quantitative estimate of drug-likeness (QED) is 0.738. The van der Waals surface area contributed by atoms with Crippen LogP contribution in [0.15, 0.2) is 30.5 Å². The Morgan fingerprint density at radius 2 is 1.93 bits per heavy atom. The van der Waals surface area contributed by atoms with E-state index in [0.29, 0.717) is 11.3 Å². The highest BCUT2D eigenvalue weighted by Gasteiger charge is 2.26. The Bertz CT molecular complexity index is 880. The van der Waals surface area contributed by atoms with E-state index in [0.717, 1.165) is 12.1 Å². The van der Waals surface area contributed by atoms with E-state index in [2.05, 4.69) is 4.98 Å². The summed E-state index contributed by atoms with van der Waals surface area (Å²) < 4.78 is 19.0. The van der Waals surface area contributed by atoms with Crippen molar-refractivity contribution in [3.8, 4) is 11.1 Å². The number of carboxylic acid groups (broad SMARTS) is 1. The number of aromatic nitrogens is 1. The molecular formula is C19H20ClFN2O4. The molecule has 6 nitrogen and oxygen atoms in total. The number of aromatic carboxylic acids is 1.